The average molecular weight is 346 g/mol. The molecule has 0 unspecified atom stereocenters. The van der Waals surface area contributed by atoms with Crippen molar-refractivity contribution in [2.75, 3.05) is 0 Å². The van der Waals surface area contributed by atoms with Crippen LogP contribution in [-0.2, 0) is 6.54 Å². The van der Waals surface area contributed by atoms with Crippen LogP contribution in [0.1, 0.15) is 16.2 Å². The molecule has 0 aliphatic heterocycles. The molecule has 26 heavy (non-hydrogen) atoms. The zero-order valence-electron chi connectivity index (χ0n) is 13.6. The molecule has 7 nitrogen and oxygen atoms in total. The second-order valence-corrected chi connectivity index (χ2v) is 5.55. The van der Waals surface area contributed by atoms with Crippen LogP contribution < -0.4 is 5.32 Å². The van der Waals surface area contributed by atoms with Crippen molar-refractivity contribution in [2.24, 2.45) is 0 Å². The van der Waals surface area contributed by atoms with Gasteiger partial charge in [0.05, 0.1) is 6.54 Å². The Morgan fingerprint density at radius 3 is 2.62 bits per heavy atom. The second kappa shape index (κ2) is 7.02. The number of hydrogen-bond donors (Lipinski definition) is 1. The van der Waals surface area contributed by atoms with Gasteiger partial charge < -0.3 is 14.4 Å². The van der Waals surface area contributed by atoms with E-state index in [1.54, 1.807) is 30.6 Å². The van der Waals surface area contributed by atoms with E-state index in [0.29, 0.717) is 11.5 Å². The molecule has 4 aromatic rings. The number of nitrogens with one attached hydrogen (secondary N) is 1. The zero-order chi connectivity index (χ0) is 17.8. The van der Waals surface area contributed by atoms with Gasteiger partial charge in [0.25, 0.3) is 5.91 Å². The lowest BCUT2D eigenvalue weighted by Gasteiger charge is -1.98. The molecular weight excluding hydrogens is 332 g/mol. The highest BCUT2D eigenvalue weighted by molar-refractivity contribution is 5.93. The molecule has 1 aromatic carbocycles. The monoisotopic (exact) mass is 346 g/mol. The van der Waals surface area contributed by atoms with E-state index in [4.69, 9.17) is 9.05 Å². The van der Waals surface area contributed by atoms with E-state index in [1.807, 2.05) is 36.4 Å². The molecule has 0 aliphatic rings. The van der Waals surface area contributed by atoms with Crippen LogP contribution in [0.4, 0.5) is 0 Å². The molecule has 1 N–H and O–H groups in total. The van der Waals surface area contributed by atoms with Crippen LogP contribution in [0.25, 0.3) is 22.6 Å². The summed E-state index contributed by atoms with van der Waals surface area (Å²) in [5, 5.41) is 10.5. The van der Waals surface area contributed by atoms with Crippen LogP contribution >= 0.6 is 0 Å². The molecule has 0 atom stereocenters. The van der Waals surface area contributed by atoms with Gasteiger partial charge in [-0.2, -0.15) is 0 Å². The van der Waals surface area contributed by atoms with E-state index in [-0.39, 0.29) is 18.1 Å². The first kappa shape index (κ1) is 15.8. The van der Waals surface area contributed by atoms with Gasteiger partial charge in [0.2, 0.25) is 0 Å². The summed E-state index contributed by atoms with van der Waals surface area (Å²) in [4.78, 5) is 16.2. The maximum absolute atomic E-state index is 12.2. The number of amides is 1. The smallest absolute Gasteiger partial charge is 0.273 e. The summed E-state index contributed by atoms with van der Waals surface area (Å²) >= 11 is 0. The minimum Gasteiger partial charge on any atom is -0.359 e. The van der Waals surface area contributed by atoms with Crippen LogP contribution in [0.3, 0.4) is 0 Å². The van der Waals surface area contributed by atoms with Gasteiger partial charge in [-0.3, -0.25) is 9.78 Å². The molecular formula is C19H14N4O3. The van der Waals surface area contributed by atoms with Gasteiger partial charge in [-0.15, -0.1) is 0 Å². The first-order valence-electron chi connectivity index (χ1n) is 7.96. The van der Waals surface area contributed by atoms with Crippen molar-refractivity contribution in [1.82, 2.24) is 20.6 Å². The van der Waals surface area contributed by atoms with E-state index in [9.17, 15) is 4.79 Å². The topological polar surface area (TPSA) is 94.1 Å². The SMILES string of the molecule is O=C(NCc1cc(-c2ccccc2)no1)c1cc(-c2cccnc2)on1. The van der Waals surface area contributed by atoms with Crippen LogP contribution in [0, 0.1) is 0 Å². The van der Waals surface area contributed by atoms with Crippen molar-refractivity contribution >= 4 is 5.91 Å². The lowest BCUT2D eigenvalue weighted by Crippen LogP contribution is -2.22. The van der Waals surface area contributed by atoms with Gasteiger partial charge in [-0.1, -0.05) is 40.6 Å². The molecule has 4 rings (SSSR count). The average Bonchev–Trinajstić information content (AvgIpc) is 3.37. The molecule has 0 saturated carbocycles. The predicted molar refractivity (Wildman–Crippen MR) is 92.8 cm³/mol. The summed E-state index contributed by atoms with van der Waals surface area (Å²) in [6.45, 7) is 0.202. The quantitative estimate of drug-likeness (QED) is 0.596. The Hall–Kier alpha value is -3.74. The minimum atomic E-state index is -0.360. The first-order chi connectivity index (χ1) is 12.8. The minimum absolute atomic E-state index is 0.187. The van der Waals surface area contributed by atoms with Gasteiger partial charge in [0.15, 0.2) is 17.2 Å². The third kappa shape index (κ3) is 3.36. The van der Waals surface area contributed by atoms with Crippen LogP contribution in [0.15, 0.2) is 76.0 Å². The molecule has 7 heteroatoms. The Kier molecular flexibility index (Phi) is 4.26. The molecule has 0 spiro atoms. The number of pyridine rings is 1. The van der Waals surface area contributed by atoms with Gasteiger partial charge in [-0.05, 0) is 12.1 Å². The number of nitrogens with zero attached hydrogens (tertiary/aromatic N) is 3. The molecule has 0 fully saturated rings. The highest BCUT2D eigenvalue weighted by atomic mass is 16.5. The van der Waals surface area contributed by atoms with E-state index >= 15 is 0 Å². The van der Waals surface area contributed by atoms with Crippen molar-refractivity contribution in [2.45, 2.75) is 6.54 Å². The van der Waals surface area contributed by atoms with Crippen LogP contribution in [0.2, 0.25) is 0 Å². The van der Waals surface area contributed by atoms with E-state index in [0.717, 1.165) is 16.8 Å². The van der Waals surface area contributed by atoms with Crippen LogP contribution in [-0.4, -0.2) is 21.2 Å². The van der Waals surface area contributed by atoms with Crippen molar-refractivity contribution in [3.63, 3.8) is 0 Å². The Bertz CT molecular complexity index is 1010. The molecule has 0 radical (unpaired) electrons. The van der Waals surface area contributed by atoms with Gasteiger partial charge in [0, 0.05) is 35.7 Å². The summed E-state index contributed by atoms with van der Waals surface area (Å²) in [6, 6.07) is 16.6. The van der Waals surface area contributed by atoms with E-state index < -0.39 is 0 Å². The summed E-state index contributed by atoms with van der Waals surface area (Å²) in [6.07, 6.45) is 3.30. The lowest BCUT2D eigenvalue weighted by atomic mass is 10.1. The second-order valence-electron chi connectivity index (χ2n) is 5.55. The van der Waals surface area contributed by atoms with Crippen LogP contribution in [0.5, 0.6) is 0 Å². The first-order valence-corrected chi connectivity index (χ1v) is 7.96. The number of aromatic nitrogens is 3. The largest absolute Gasteiger partial charge is 0.359 e. The molecule has 3 aromatic heterocycles. The number of carbonyl (C=O) groups is 1. The summed E-state index contributed by atoms with van der Waals surface area (Å²) in [7, 11) is 0. The number of hydrogen-bond acceptors (Lipinski definition) is 6. The summed E-state index contributed by atoms with van der Waals surface area (Å²) < 4.78 is 10.5. The third-order valence-corrected chi connectivity index (χ3v) is 3.74. The van der Waals surface area contributed by atoms with Crippen molar-refractivity contribution in [3.05, 3.63) is 78.4 Å². The fourth-order valence-electron chi connectivity index (χ4n) is 2.43. The fraction of sp³-hybridized carbons (Fsp3) is 0.0526. The van der Waals surface area contributed by atoms with E-state index in [2.05, 4.69) is 20.6 Å². The fourth-order valence-corrected chi connectivity index (χ4v) is 2.43. The molecule has 0 saturated heterocycles. The number of rotatable bonds is 5. The summed E-state index contributed by atoms with van der Waals surface area (Å²) in [5.74, 6) is 0.670. The van der Waals surface area contributed by atoms with Crippen molar-refractivity contribution in [1.29, 1.82) is 0 Å². The Balaban J connectivity index is 1.40. The molecule has 128 valence electrons. The lowest BCUT2D eigenvalue weighted by molar-refractivity contribution is 0.0938. The summed E-state index contributed by atoms with van der Waals surface area (Å²) in [5.41, 5.74) is 2.61. The Morgan fingerprint density at radius 2 is 1.81 bits per heavy atom. The molecule has 1 amide bonds. The highest BCUT2D eigenvalue weighted by Crippen LogP contribution is 2.20. The van der Waals surface area contributed by atoms with Crippen molar-refractivity contribution < 1.29 is 13.8 Å². The maximum Gasteiger partial charge on any atom is 0.273 e. The van der Waals surface area contributed by atoms with E-state index in [1.165, 1.54) is 0 Å². The third-order valence-electron chi connectivity index (χ3n) is 3.74. The Labute approximate surface area is 148 Å². The van der Waals surface area contributed by atoms with Gasteiger partial charge >= 0.3 is 0 Å². The normalized spacial score (nSPS) is 10.6. The van der Waals surface area contributed by atoms with Gasteiger partial charge in [-0.25, -0.2) is 0 Å². The molecule has 3 heterocycles. The van der Waals surface area contributed by atoms with Gasteiger partial charge in [0.1, 0.15) is 5.69 Å². The predicted octanol–water partition coefficient (Wildman–Crippen LogP) is 3.32. The maximum atomic E-state index is 12.2. The standard InChI is InChI=1S/C19H14N4O3/c24-19(17-10-18(26-23-17)14-7-4-8-20-11-14)21-12-15-9-16(22-25-15)13-5-2-1-3-6-13/h1-11H,12H2,(H,21,24). The molecule has 0 aliphatic carbocycles. The zero-order valence-corrected chi connectivity index (χ0v) is 13.6. The molecule has 0 bridgehead atoms. The number of carbonyl (C=O) groups excluding carboxylic acids is 1. The highest BCUT2D eigenvalue weighted by Gasteiger charge is 2.15. The Morgan fingerprint density at radius 1 is 0.962 bits per heavy atom. The van der Waals surface area contributed by atoms with Crippen molar-refractivity contribution in [3.8, 4) is 22.6 Å². The number of benzene rings is 1.